The molecule has 1 aromatic carbocycles. The molecule has 0 aliphatic carbocycles. The summed E-state index contributed by atoms with van der Waals surface area (Å²) in [5.41, 5.74) is 0.877. The van der Waals surface area contributed by atoms with Crippen LogP contribution in [0, 0.1) is 0 Å². The van der Waals surface area contributed by atoms with Crippen LogP contribution in [0.15, 0.2) is 41.0 Å². The maximum absolute atomic E-state index is 11.7. The second-order valence-electron chi connectivity index (χ2n) is 5.45. The molecule has 0 unspecified atom stereocenters. The van der Waals surface area contributed by atoms with Gasteiger partial charge in [0.2, 0.25) is 0 Å². The molecule has 26 heavy (non-hydrogen) atoms. The summed E-state index contributed by atoms with van der Waals surface area (Å²) in [7, 11) is 0. The summed E-state index contributed by atoms with van der Waals surface area (Å²) in [6.45, 7) is 3.45. The minimum absolute atomic E-state index is 0.234. The molecule has 8 heteroatoms. The maximum Gasteiger partial charge on any atom is 0.307 e. The highest BCUT2D eigenvalue weighted by Crippen LogP contribution is 2.20. The zero-order valence-corrected chi connectivity index (χ0v) is 16.7. The molecule has 0 radical (unpaired) electrons. The molecular weight excluding hydrogens is 395 g/mol. The van der Waals surface area contributed by atoms with Crippen LogP contribution in [0.5, 0.6) is 0 Å². The standard InChI is InChI=1S/C18H20Cl2N2O3S/c1-2-24-17(23)7-8-22(12-15-4-3-9-25-15)18(26)21-11-13-5-6-14(19)10-16(13)20/h3-6,9-10H,2,7-8,11-12H2,1H3,(H,21,26). The van der Waals surface area contributed by atoms with E-state index in [1.54, 1.807) is 25.3 Å². The number of nitrogens with one attached hydrogen (secondary N) is 1. The Balaban J connectivity index is 1.98. The third kappa shape index (κ3) is 6.52. The van der Waals surface area contributed by atoms with Gasteiger partial charge >= 0.3 is 5.97 Å². The number of furan rings is 1. The number of halogens is 2. The Morgan fingerprint density at radius 3 is 2.81 bits per heavy atom. The number of hydrogen-bond donors (Lipinski definition) is 1. The van der Waals surface area contributed by atoms with Gasteiger partial charge in [-0.15, -0.1) is 0 Å². The molecule has 1 N–H and O–H groups in total. The largest absolute Gasteiger partial charge is 0.467 e. The van der Waals surface area contributed by atoms with E-state index in [-0.39, 0.29) is 12.4 Å². The van der Waals surface area contributed by atoms with Crippen LogP contribution in [0.4, 0.5) is 0 Å². The Bertz CT molecular complexity index is 738. The van der Waals surface area contributed by atoms with Gasteiger partial charge in [0.1, 0.15) is 5.76 Å². The van der Waals surface area contributed by atoms with Crippen molar-refractivity contribution in [3.8, 4) is 0 Å². The number of hydrogen-bond acceptors (Lipinski definition) is 4. The molecule has 0 spiro atoms. The summed E-state index contributed by atoms with van der Waals surface area (Å²) in [6, 6.07) is 8.97. The Morgan fingerprint density at radius 1 is 1.35 bits per heavy atom. The third-order valence-electron chi connectivity index (χ3n) is 3.55. The van der Waals surface area contributed by atoms with Crippen molar-refractivity contribution in [1.82, 2.24) is 10.2 Å². The number of benzene rings is 1. The van der Waals surface area contributed by atoms with Crippen LogP contribution in [0.1, 0.15) is 24.7 Å². The molecule has 2 aromatic rings. The second kappa shape index (κ2) is 10.4. The summed E-state index contributed by atoms with van der Waals surface area (Å²) < 4.78 is 10.4. The van der Waals surface area contributed by atoms with Gasteiger partial charge in [0.25, 0.3) is 0 Å². The molecular formula is C18H20Cl2N2O3S. The zero-order valence-electron chi connectivity index (χ0n) is 14.3. The van der Waals surface area contributed by atoms with Gasteiger partial charge in [-0.25, -0.2) is 0 Å². The molecule has 140 valence electrons. The maximum atomic E-state index is 11.7. The van der Waals surface area contributed by atoms with Crippen LogP contribution in [0.3, 0.4) is 0 Å². The molecule has 2 rings (SSSR count). The molecule has 0 saturated carbocycles. The average Bonchev–Trinajstić information content (AvgIpc) is 3.11. The molecule has 0 atom stereocenters. The zero-order chi connectivity index (χ0) is 18.9. The lowest BCUT2D eigenvalue weighted by atomic mass is 10.2. The number of rotatable bonds is 8. The van der Waals surface area contributed by atoms with E-state index >= 15 is 0 Å². The minimum atomic E-state index is -0.263. The smallest absolute Gasteiger partial charge is 0.307 e. The van der Waals surface area contributed by atoms with Gasteiger partial charge in [-0.1, -0.05) is 29.3 Å². The first-order chi connectivity index (χ1) is 12.5. The highest BCUT2D eigenvalue weighted by Gasteiger charge is 2.15. The molecule has 0 saturated heterocycles. The van der Waals surface area contributed by atoms with Gasteiger partial charge in [-0.3, -0.25) is 4.79 Å². The lowest BCUT2D eigenvalue weighted by Gasteiger charge is -2.25. The molecule has 5 nitrogen and oxygen atoms in total. The SMILES string of the molecule is CCOC(=O)CCN(Cc1ccco1)C(=S)NCc1ccc(Cl)cc1Cl. The monoisotopic (exact) mass is 414 g/mol. The van der Waals surface area contributed by atoms with Gasteiger partial charge in [0.05, 0.1) is 25.8 Å². The van der Waals surface area contributed by atoms with Gasteiger partial charge in [-0.2, -0.15) is 0 Å². The quantitative estimate of drug-likeness (QED) is 0.509. The van der Waals surface area contributed by atoms with E-state index in [9.17, 15) is 4.79 Å². The molecule has 1 heterocycles. The highest BCUT2D eigenvalue weighted by molar-refractivity contribution is 7.80. The summed E-state index contributed by atoms with van der Waals surface area (Å²) >= 11 is 17.6. The number of thiocarbonyl (C=S) groups is 1. The number of ether oxygens (including phenoxy) is 1. The van der Waals surface area contributed by atoms with Crippen molar-refractivity contribution in [3.05, 3.63) is 58.0 Å². The van der Waals surface area contributed by atoms with Crippen molar-refractivity contribution in [1.29, 1.82) is 0 Å². The van der Waals surface area contributed by atoms with Crippen LogP contribution in [-0.4, -0.2) is 29.1 Å². The van der Waals surface area contributed by atoms with Crippen LogP contribution in [-0.2, 0) is 22.6 Å². The Morgan fingerprint density at radius 2 is 2.15 bits per heavy atom. The highest BCUT2D eigenvalue weighted by atomic mass is 35.5. The Hall–Kier alpha value is -1.76. The van der Waals surface area contributed by atoms with E-state index < -0.39 is 0 Å². The molecule has 0 amide bonds. The van der Waals surface area contributed by atoms with Crippen molar-refractivity contribution >= 4 is 46.5 Å². The summed E-state index contributed by atoms with van der Waals surface area (Å²) in [4.78, 5) is 13.5. The van der Waals surface area contributed by atoms with Gasteiger partial charge in [0.15, 0.2) is 5.11 Å². The van der Waals surface area contributed by atoms with Crippen LogP contribution in [0.25, 0.3) is 0 Å². The molecule has 1 aromatic heterocycles. The number of carbonyl (C=O) groups excluding carboxylic acids is 1. The normalized spacial score (nSPS) is 10.4. The van der Waals surface area contributed by atoms with Crippen molar-refractivity contribution in [2.24, 2.45) is 0 Å². The van der Waals surface area contributed by atoms with Crippen molar-refractivity contribution in [2.45, 2.75) is 26.4 Å². The fraction of sp³-hybridized carbons (Fsp3) is 0.333. The van der Waals surface area contributed by atoms with Gasteiger partial charge in [0, 0.05) is 23.1 Å². The van der Waals surface area contributed by atoms with Crippen LogP contribution < -0.4 is 5.32 Å². The fourth-order valence-electron chi connectivity index (χ4n) is 2.25. The lowest BCUT2D eigenvalue weighted by molar-refractivity contribution is -0.143. The van der Waals surface area contributed by atoms with Crippen LogP contribution >= 0.6 is 35.4 Å². The predicted octanol–water partition coefficient (Wildman–Crippen LogP) is 4.42. The fourth-order valence-corrected chi connectivity index (χ4v) is 2.95. The summed E-state index contributed by atoms with van der Waals surface area (Å²) in [6.07, 6.45) is 1.83. The topological polar surface area (TPSA) is 54.7 Å². The summed E-state index contributed by atoms with van der Waals surface area (Å²) in [5.74, 6) is 0.489. The Kier molecular flexibility index (Phi) is 8.22. The first-order valence-corrected chi connectivity index (χ1v) is 9.30. The lowest BCUT2D eigenvalue weighted by Crippen LogP contribution is -2.40. The second-order valence-corrected chi connectivity index (χ2v) is 6.68. The van der Waals surface area contributed by atoms with E-state index in [1.807, 2.05) is 23.1 Å². The Labute approximate surface area is 168 Å². The van der Waals surface area contributed by atoms with Crippen LogP contribution in [0.2, 0.25) is 10.0 Å². The van der Waals surface area contributed by atoms with E-state index in [2.05, 4.69) is 5.32 Å². The van der Waals surface area contributed by atoms with E-state index in [1.165, 1.54) is 0 Å². The molecule has 0 bridgehead atoms. The van der Waals surface area contributed by atoms with Gasteiger partial charge in [-0.05, 0) is 49.0 Å². The number of carbonyl (C=O) groups is 1. The first kappa shape index (κ1) is 20.6. The van der Waals surface area contributed by atoms with E-state index in [0.717, 1.165) is 11.3 Å². The molecule has 0 fully saturated rings. The minimum Gasteiger partial charge on any atom is -0.467 e. The average molecular weight is 415 g/mol. The third-order valence-corrected chi connectivity index (χ3v) is 4.54. The summed E-state index contributed by atoms with van der Waals surface area (Å²) in [5, 5.41) is 4.81. The van der Waals surface area contributed by atoms with E-state index in [0.29, 0.717) is 41.4 Å². The predicted molar refractivity (Wildman–Crippen MR) is 106 cm³/mol. The first-order valence-electron chi connectivity index (χ1n) is 8.14. The van der Waals surface area contributed by atoms with Gasteiger partial charge < -0.3 is 19.4 Å². The van der Waals surface area contributed by atoms with Crippen molar-refractivity contribution < 1.29 is 13.9 Å². The van der Waals surface area contributed by atoms with Crippen molar-refractivity contribution in [2.75, 3.05) is 13.2 Å². The van der Waals surface area contributed by atoms with Crippen molar-refractivity contribution in [3.63, 3.8) is 0 Å². The van der Waals surface area contributed by atoms with E-state index in [4.69, 9.17) is 44.6 Å². The number of nitrogens with zero attached hydrogens (tertiary/aromatic N) is 1. The molecule has 0 aliphatic heterocycles. The molecule has 0 aliphatic rings. The number of esters is 1.